The van der Waals surface area contributed by atoms with Crippen LogP contribution in [0.1, 0.15) is 25.1 Å². The van der Waals surface area contributed by atoms with Crippen LogP contribution in [-0.2, 0) is 4.74 Å². The number of hydrogen-bond donors (Lipinski definition) is 3. The summed E-state index contributed by atoms with van der Waals surface area (Å²) in [7, 11) is 0. The standard InChI is InChI=1S/C12H17FN2O5/c1-3-12(5-16)8(17)7(13)10(20-12)15-4-6(2)9(18)14-11(15)19/h4,7-8,10,16-17H,3,5H2,1-2H3,(H,14,18,19)/t7-,8-,10+,12+/m0/s1. The number of ether oxygens (including phenoxy) is 1. The fourth-order valence-corrected chi connectivity index (χ4v) is 2.34. The lowest BCUT2D eigenvalue weighted by Crippen LogP contribution is -2.44. The fraction of sp³-hybridized carbons (Fsp3) is 0.667. The number of alkyl halides is 1. The molecular formula is C12H17FN2O5. The maximum atomic E-state index is 14.2. The lowest BCUT2D eigenvalue weighted by molar-refractivity contribution is -0.130. The minimum atomic E-state index is -1.88. The first kappa shape index (κ1) is 14.9. The molecule has 1 aliphatic rings. The van der Waals surface area contributed by atoms with Crippen LogP contribution >= 0.6 is 0 Å². The summed E-state index contributed by atoms with van der Waals surface area (Å²) in [5, 5.41) is 19.2. The van der Waals surface area contributed by atoms with Crippen molar-refractivity contribution >= 4 is 0 Å². The Kier molecular flexibility index (Phi) is 3.81. The van der Waals surface area contributed by atoms with Crippen molar-refractivity contribution in [2.24, 2.45) is 0 Å². The van der Waals surface area contributed by atoms with E-state index in [9.17, 15) is 24.2 Å². The molecule has 1 saturated heterocycles. The van der Waals surface area contributed by atoms with Gasteiger partial charge in [-0.15, -0.1) is 0 Å². The number of H-pyrrole nitrogens is 1. The van der Waals surface area contributed by atoms with Crippen molar-refractivity contribution in [2.45, 2.75) is 44.4 Å². The first-order chi connectivity index (χ1) is 9.36. The van der Waals surface area contributed by atoms with E-state index in [1.54, 1.807) is 6.92 Å². The van der Waals surface area contributed by atoms with E-state index in [1.165, 1.54) is 13.1 Å². The number of halogens is 1. The van der Waals surface area contributed by atoms with E-state index in [4.69, 9.17) is 4.74 Å². The van der Waals surface area contributed by atoms with E-state index >= 15 is 0 Å². The van der Waals surface area contributed by atoms with Gasteiger partial charge < -0.3 is 14.9 Å². The van der Waals surface area contributed by atoms with E-state index in [2.05, 4.69) is 0 Å². The summed E-state index contributed by atoms with van der Waals surface area (Å²) in [6, 6.07) is 0. The second-order valence-corrected chi connectivity index (χ2v) is 4.95. The molecular weight excluding hydrogens is 271 g/mol. The average Bonchev–Trinajstić information content (AvgIpc) is 2.68. The van der Waals surface area contributed by atoms with Gasteiger partial charge in [0.2, 0.25) is 0 Å². The molecule has 1 aliphatic heterocycles. The first-order valence-electron chi connectivity index (χ1n) is 6.29. The summed E-state index contributed by atoms with van der Waals surface area (Å²) in [5.41, 5.74) is -2.63. The number of aliphatic hydroxyl groups is 2. The molecule has 0 unspecified atom stereocenters. The highest BCUT2D eigenvalue weighted by Gasteiger charge is 2.54. The van der Waals surface area contributed by atoms with Gasteiger partial charge in [-0.05, 0) is 13.3 Å². The zero-order chi connectivity index (χ0) is 15.1. The molecule has 2 rings (SSSR count). The van der Waals surface area contributed by atoms with Gasteiger partial charge in [-0.1, -0.05) is 6.92 Å². The Hall–Kier alpha value is -1.51. The highest BCUT2D eigenvalue weighted by molar-refractivity contribution is 5.05. The van der Waals surface area contributed by atoms with E-state index < -0.39 is 42.0 Å². The normalized spacial score (nSPS) is 33.5. The van der Waals surface area contributed by atoms with Gasteiger partial charge >= 0.3 is 5.69 Å². The van der Waals surface area contributed by atoms with Gasteiger partial charge in [-0.25, -0.2) is 9.18 Å². The molecule has 0 radical (unpaired) electrons. The van der Waals surface area contributed by atoms with Gasteiger partial charge in [0.25, 0.3) is 5.56 Å². The predicted molar refractivity (Wildman–Crippen MR) is 67.2 cm³/mol. The Morgan fingerprint density at radius 3 is 2.70 bits per heavy atom. The molecule has 0 bridgehead atoms. The molecule has 2 heterocycles. The van der Waals surface area contributed by atoms with Crippen LogP contribution < -0.4 is 11.2 Å². The molecule has 112 valence electrons. The monoisotopic (exact) mass is 288 g/mol. The highest BCUT2D eigenvalue weighted by Crippen LogP contribution is 2.40. The van der Waals surface area contributed by atoms with E-state index in [0.29, 0.717) is 0 Å². The fourth-order valence-electron chi connectivity index (χ4n) is 2.34. The molecule has 3 N–H and O–H groups in total. The first-order valence-corrected chi connectivity index (χ1v) is 6.29. The van der Waals surface area contributed by atoms with Crippen LogP contribution in [-0.4, -0.2) is 44.2 Å². The summed E-state index contributed by atoms with van der Waals surface area (Å²) >= 11 is 0. The Morgan fingerprint density at radius 2 is 2.20 bits per heavy atom. The van der Waals surface area contributed by atoms with Crippen LogP contribution in [0.15, 0.2) is 15.8 Å². The third-order valence-electron chi connectivity index (χ3n) is 3.75. The SMILES string of the molecule is CC[C@]1(CO)O[C@@H](n2cc(C)c(=O)[nH]c2=O)[C@@H](F)[C@@H]1O. The van der Waals surface area contributed by atoms with Crippen molar-refractivity contribution in [2.75, 3.05) is 6.61 Å². The van der Waals surface area contributed by atoms with E-state index in [0.717, 1.165) is 4.57 Å². The van der Waals surface area contributed by atoms with Gasteiger partial charge in [0.15, 0.2) is 12.4 Å². The van der Waals surface area contributed by atoms with Crippen LogP contribution in [0.3, 0.4) is 0 Å². The maximum Gasteiger partial charge on any atom is 0.330 e. The topological polar surface area (TPSA) is 105 Å². The zero-order valence-electron chi connectivity index (χ0n) is 11.2. The lowest BCUT2D eigenvalue weighted by Gasteiger charge is -2.28. The highest BCUT2D eigenvalue weighted by atomic mass is 19.1. The molecule has 0 aromatic carbocycles. The van der Waals surface area contributed by atoms with Crippen molar-refractivity contribution in [3.8, 4) is 0 Å². The molecule has 0 spiro atoms. The maximum absolute atomic E-state index is 14.2. The Labute approximate surface area is 113 Å². The summed E-state index contributed by atoms with van der Waals surface area (Å²) in [6.45, 7) is 2.53. The zero-order valence-corrected chi connectivity index (χ0v) is 11.2. The number of aromatic amines is 1. The third kappa shape index (κ3) is 2.09. The van der Waals surface area contributed by atoms with Crippen molar-refractivity contribution in [1.82, 2.24) is 9.55 Å². The molecule has 0 saturated carbocycles. The van der Waals surface area contributed by atoms with Crippen molar-refractivity contribution in [3.05, 3.63) is 32.6 Å². The Balaban J connectivity index is 2.47. The Morgan fingerprint density at radius 1 is 1.55 bits per heavy atom. The molecule has 20 heavy (non-hydrogen) atoms. The average molecular weight is 288 g/mol. The number of nitrogens with zero attached hydrogens (tertiary/aromatic N) is 1. The largest absolute Gasteiger partial charge is 0.393 e. The second-order valence-electron chi connectivity index (χ2n) is 4.95. The molecule has 8 heteroatoms. The number of hydrogen-bond acceptors (Lipinski definition) is 5. The van der Waals surface area contributed by atoms with Crippen molar-refractivity contribution < 1.29 is 19.3 Å². The Bertz CT molecular complexity index is 607. The minimum Gasteiger partial charge on any atom is -0.393 e. The summed E-state index contributed by atoms with van der Waals surface area (Å²) < 4.78 is 20.5. The lowest BCUT2D eigenvalue weighted by atomic mass is 9.94. The van der Waals surface area contributed by atoms with Gasteiger partial charge in [0.05, 0.1) is 6.61 Å². The number of aromatic nitrogens is 2. The number of rotatable bonds is 3. The third-order valence-corrected chi connectivity index (χ3v) is 3.75. The molecule has 1 fully saturated rings. The molecule has 7 nitrogen and oxygen atoms in total. The quantitative estimate of drug-likeness (QED) is 0.676. The smallest absolute Gasteiger partial charge is 0.330 e. The second kappa shape index (κ2) is 5.12. The number of aliphatic hydroxyl groups excluding tert-OH is 2. The summed E-state index contributed by atoms with van der Waals surface area (Å²) in [6.07, 6.45) is -3.47. The van der Waals surface area contributed by atoms with E-state index in [-0.39, 0.29) is 12.0 Å². The van der Waals surface area contributed by atoms with Crippen molar-refractivity contribution in [3.63, 3.8) is 0 Å². The van der Waals surface area contributed by atoms with Gasteiger partial charge in [0.1, 0.15) is 11.7 Å². The van der Waals surface area contributed by atoms with Gasteiger partial charge in [-0.3, -0.25) is 14.3 Å². The van der Waals surface area contributed by atoms with Crippen LogP contribution in [0, 0.1) is 6.92 Å². The van der Waals surface area contributed by atoms with Crippen LogP contribution in [0.4, 0.5) is 4.39 Å². The molecule has 4 atom stereocenters. The summed E-state index contributed by atoms with van der Waals surface area (Å²) in [4.78, 5) is 25.1. The van der Waals surface area contributed by atoms with Crippen LogP contribution in [0.5, 0.6) is 0 Å². The minimum absolute atomic E-state index is 0.179. The molecule has 1 aromatic heterocycles. The summed E-state index contributed by atoms with van der Waals surface area (Å²) in [5.74, 6) is 0. The van der Waals surface area contributed by atoms with Crippen LogP contribution in [0.25, 0.3) is 0 Å². The van der Waals surface area contributed by atoms with Gasteiger partial charge in [0, 0.05) is 11.8 Å². The molecule has 0 amide bonds. The van der Waals surface area contributed by atoms with Crippen LogP contribution in [0.2, 0.25) is 0 Å². The number of nitrogens with one attached hydrogen (secondary N) is 1. The number of aryl methyl sites for hydroxylation is 1. The van der Waals surface area contributed by atoms with Gasteiger partial charge in [-0.2, -0.15) is 0 Å². The molecule has 0 aliphatic carbocycles. The predicted octanol–water partition coefficient (Wildman–Crippen LogP) is -0.786. The van der Waals surface area contributed by atoms with E-state index in [1.807, 2.05) is 4.98 Å². The molecule has 1 aromatic rings. The van der Waals surface area contributed by atoms with Crippen molar-refractivity contribution in [1.29, 1.82) is 0 Å².